The first-order chi connectivity index (χ1) is 9.65. The fourth-order valence-corrected chi connectivity index (χ4v) is 2.56. The van der Waals surface area contributed by atoms with E-state index in [-0.39, 0.29) is 18.3 Å². The second-order valence-electron chi connectivity index (χ2n) is 3.79. The van der Waals surface area contributed by atoms with Crippen LogP contribution in [0.1, 0.15) is 4.88 Å². The van der Waals surface area contributed by atoms with E-state index in [9.17, 15) is 4.79 Å². The molecule has 0 aliphatic heterocycles. The second-order valence-corrected chi connectivity index (χ2v) is 5.98. The lowest BCUT2D eigenvalue weighted by Gasteiger charge is -2.04. The average molecular weight is 401 g/mol. The van der Waals surface area contributed by atoms with Gasteiger partial charge in [-0.25, -0.2) is 0 Å². The zero-order valence-electron chi connectivity index (χ0n) is 10.4. The number of hydrogen-bond donors (Lipinski definition) is 2. The first kappa shape index (κ1) is 14.8. The van der Waals surface area contributed by atoms with Gasteiger partial charge in [-0.2, -0.15) is 0 Å². The van der Waals surface area contributed by atoms with Crippen molar-refractivity contribution in [1.82, 2.24) is 0 Å². The number of oxime groups is 1. The molecule has 20 heavy (non-hydrogen) atoms. The van der Waals surface area contributed by atoms with E-state index in [1.807, 2.05) is 41.8 Å². The number of nitrogens with zero attached hydrogens (tertiary/aromatic N) is 1. The molecule has 7 heteroatoms. The number of rotatable bonds is 5. The third-order valence-corrected chi connectivity index (χ3v) is 3.80. The molecule has 0 spiro atoms. The Hall–Kier alpha value is -1.61. The zero-order valence-corrected chi connectivity index (χ0v) is 13.3. The van der Waals surface area contributed by atoms with E-state index in [2.05, 4.69) is 33.1 Å². The van der Waals surface area contributed by atoms with Gasteiger partial charge in [0.2, 0.25) is 0 Å². The molecular weight excluding hydrogens is 389 g/mol. The van der Waals surface area contributed by atoms with Crippen molar-refractivity contribution in [2.45, 2.75) is 0 Å². The number of anilines is 1. The number of carbonyl (C=O) groups excluding carboxylic acids is 1. The normalized spacial score (nSPS) is 11.2. The van der Waals surface area contributed by atoms with Gasteiger partial charge < -0.3 is 15.9 Å². The maximum Gasteiger partial charge on any atom is 0.265 e. The predicted molar refractivity (Wildman–Crippen MR) is 88.8 cm³/mol. The van der Waals surface area contributed by atoms with Crippen LogP contribution in [0.3, 0.4) is 0 Å². The molecule has 2 aromatic rings. The molecule has 5 nitrogen and oxygen atoms in total. The molecule has 1 amide bonds. The van der Waals surface area contributed by atoms with Crippen molar-refractivity contribution in [3.8, 4) is 0 Å². The van der Waals surface area contributed by atoms with E-state index in [1.54, 1.807) is 0 Å². The standard InChI is InChI=1S/C13H12IN3O2S/c14-9-3-1-4-10(7-9)16-12(18)8-19-17-13(15)11-5-2-6-20-11/h1-7H,8H2,(H2,15,17)(H,16,18). The molecule has 3 N–H and O–H groups in total. The van der Waals surface area contributed by atoms with Crippen LogP contribution in [0.15, 0.2) is 46.9 Å². The molecule has 0 aliphatic rings. The monoisotopic (exact) mass is 401 g/mol. The number of thiophene rings is 1. The highest BCUT2D eigenvalue weighted by Crippen LogP contribution is 2.12. The maximum atomic E-state index is 11.6. The molecule has 0 saturated carbocycles. The van der Waals surface area contributed by atoms with Gasteiger partial charge in [0.15, 0.2) is 12.4 Å². The van der Waals surface area contributed by atoms with Crippen LogP contribution in [0.4, 0.5) is 5.69 Å². The van der Waals surface area contributed by atoms with Crippen LogP contribution < -0.4 is 11.1 Å². The lowest BCUT2D eigenvalue weighted by atomic mass is 10.3. The van der Waals surface area contributed by atoms with Gasteiger partial charge in [-0.05, 0) is 52.2 Å². The molecule has 0 fully saturated rings. The summed E-state index contributed by atoms with van der Waals surface area (Å²) in [7, 11) is 0. The Balaban J connectivity index is 1.82. The molecule has 1 aromatic heterocycles. The Bertz CT molecular complexity index is 614. The molecule has 0 radical (unpaired) electrons. The Morgan fingerprint density at radius 3 is 2.95 bits per heavy atom. The van der Waals surface area contributed by atoms with E-state index in [1.165, 1.54) is 11.3 Å². The minimum atomic E-state index is -0.283. The third-order valence-electron chi connectivity index (χ3n) is 2.24. The molecule has 0 aliphatic carbocycles. The summed E-state index contributed by atoms with van der Waals surface area (Å²) in [6.07, 6.45) is 0. The number of amidine groups is 1. The van der Waals surface area contributed by atoms with Crippen LogP contribution in [0.2, 0.25) is 0 Å². The van der Waals surface area contributed by atoms with Crippen molar-refractivity contribution in [2.24, 2.45) is 10.9 Å². The molecule has 2 rings (SSSR count). The summed E-state index contributed by atoms with van der Waals surface area (Å²) in [5.74, 6) is -0.0169. The highest BCUT2D eigenvalue weighted by molar-refractivity contribution is 14.1. The van der Waals surface area contributed by atoms with Crippen LogP contribution in [-0.4, -0.2) is 18.3 Å². The van der Waals surface area contributed by atoms with Gasteiger partial charge in [-0.15, -0.1) is 11.3 Å². The smallest absolute Gasteiger partial charge is 0.265 e. The Morgan fingerprint density at radius 2 is 2.25 bits per heavy atom. The fourth-order valence-electron chi connectivity index (χ4n) is 1.39. The molecule has 0 saturated heterocycles. The molecule has 0 unspecified atom stereocenters. The van der Waals surface area contributed by atoms with Crippen molar-refractivity contribution < 1.29 is 9.63 Å². The summed E-state index contributed by atoms with van der Waals surface area (Å²) in [4.78, 5) is 17.4. The van der Waals surface area contributed by atoms with Crippen molar-refractivity contribution in [3.05, 3.63) is 50.2 Å². The molecular formula is C13H12IN3O2S. The summed E-state index contributed by atoms with van der Waals surface area (Å²) in [5.41, 5.74) is 6.42. The van der Waals surface area contributed by atoms with Crippen LogP contribution in [0.25, 0.3) is 0 Å². The first-order valence-electron chi connectivity index (χ1n) is 5.70. The van der Waals surface area contributed by atoms with Gasteiger partial charge >= 0.3 is 0 Å². The Labute approximate surface area is 133 Å². The van der Waals surface area contributed by atoms with Crippen molar-refractivity contribution in [1.29, 1.82) is 0 Å². The predicted octanol–water partition coefficient (Wildman–Crippen LogP) is 2.63. The largest absolute Gasteiger partial charge is 0.384 e. The fraction of sp³-hybridized carbons (Fsp3) is 0.0769. The van der Waals surface area contributed by atoms with Gasteiger partial charge in [0, 0.05) is 9.26 Å². The number of nitrogens with one attached hydrogen (secondary N) is 1. The topological polar surface area (TPSA) is 76.7 Å². The summed E-state index contributed by atoms with van der Waals surface area (Å²) in [5, 5.41) is 8.31. The number of nitrogens with two attached hydrogens (primary N) is 1. The summed E-state index contributed by atoms with van der Waals surface area (Å²) in [6.45, 7) is -0.183. The molecule has 104 valence electrons. The van der Waals surface area contributed by atoms with E-state index in [4.69, 9.17) is 10.6 Å². The molecule has 1 aromatic carbocycles. The van der Waals surface area contributed by atoms with E-state index >= 15 is 0 Å². The first-order valence-corrected chi connectivity index (χ1v) is 7.66. The molecule has 1 heterocycles. The van der Waals surface area contributed by atoms with E-state index in [0.29, 0.717) is 0 Å². The van der Waals surface area contributed by atoms with Crippen LogP contribution in [0, 0.1) is 3.57 Å². The third kappa shape index (κ3) is 4.49. The van der Waals surface area contributed by atoms with Gasteiger partial charge in [-0.3, -0.25) is 4.79 Å². The Kier molecular flexibility index (Phi) is 5.36. The van der Waals surface area contributed by atoms with Crippen LogP contribution in [0.5, 0.6) is 0 Å². The number of amides is 1. The van der Waals surface area contributed by atoms with E-state index in [0.717, 1.165) is 14.1 Å². The summed E-state index contributed by atoms with van der Waals surface area (Å²) < 4.78 is 1.04. The number of hydrogen-bond acceptors (Lipinski definition) is 4. The van der Waals surface area contributed by atoms with Crippen molar-refractivity contribution >= 4 is 51.4 Å². The maximum absolute atomic E-state index is 11.6. The number of carbonyl (C=O) groups is 1. The number of benzene rings is 1. The SMILES string of the molecule is N/C(=N\OCC(=O)Nc1cccc(I)c1)c1cccs1. The highest BCUT2D eigenvalue weighted by atomic mass is 127. The van der Waals surface area contributed by atoms with Crippen molar-refractivity contribution in [2.75, 3.05) is 11.9 Å². The highest BCUT2D eigenvalue weighted by Gasteiger charge is 2.04. The molecule has 0 bridgehead atoms. The quantitative estimate of drug-likeness (QED) is 0.350. The van der Waals surface area contributed by atoms with E-state index < -0.39 is 0 Å². The van der Waals surface area contributed by atoms with Crippen LogP contribution >= 0.6 is 33.9 Å². The van der Waals surface area contributed by atoms with Crippen LogP contribution in [-0.2, 0) is 9.63 Å². The minimum Gasteiger partial charge on any atom is -0.384 e. The van der Waals surface area contributed by atoms with Gasteiger partial charge in [0.1, 0.15) is 0 Å². The minimum absolute atomic E-state index is 0.183. The lowest BCUT2D eigenvalue weighted by Crippen LogP contribution is -2.19. The van der Waals surface area contributed by atoms with Gasteiger partial charge in [-0.1, -0.05) is 17.3 Å². The second kappa shape index (κ2) is 7.25. The lowest BCUT2D eigenvalue weighted by molar-refractivity contribution is -0.120. The van der Waals surface area contributed by atoms with Gasteiger partial charge in [0.05, 0.1) is 4.88 Å². The molecule has 0 atom stereocenters. The van der Waals surface area contributed by atoms with Crippen molar-refractivity contribution in [3.63, 3.8) is 0 Å². The number of halogens is 1. The Morgan fingerprint density at radius 1 is 1.40 bits per heavy atom. The van der Waals surface area contributed by atoms with Gasteiger partial charge in [0.25, 0.3) is 5.91 Å². The average Bonchev–Trinajstić information content (AvgIpc) is 2.92. The zero-order chi connectivity index (χ0) is 14.4. The summed E-state index contributed by atoms with van der Waals surface area (Å²) in [6, 6.07) is 11.2. The summed E-state index contributed by atoms with van der Waals surface area (Å²) >= 11 is 3.63.